The number of guanidine groups is 1. The van der Waals surface area contributed by atoms with Crippen LogP contribution in [0.3, 0.4) is 0 Å². The summed E-state index contributed by atoms with van der Waals surface area (Å²) < 4.78 is 5.95. The average molecular weight is 667 g/mol. The van der Waals surface area contributed by atoms with Gasteiger partial charge in [0.15, 0.2) is 28.4 Å². The van der Waals surface area contributed by atoms with E-state index in [2.05, 4.69) is 27.2 Å². The number of nitrogens with one attached hydrogen (secondary N) is 1. The zero-order valence-electron chi connectivity index (χ0n) is 26.8. The molecule has 258 valence electrons. The maximum absolute atomic E-state index is 12.3. The molecule has 1 aromatic carbocycles. The number of anilines is 2. The average Bonchev–Trinajstić information content (AvgIpc) is 3.03. The number of aliphatic imine (C=N–C) groups is 1. The Balaban J connectivity index is 1.76. The molecule has 0 aliphatic carbocycles. The molecule has 4 atom stereocenters. The maximum atomic E-state index is 12.3. The van der Waals surface area contributed by atoms with Crippen LogP contribution in [0.1, 0.15) is 74.8 Å². The number of halogens is 1. The molecule has 0 aliphatic rings. The lowest BCUT2D eigenvalue weighted by Gasteiger charge is -2.30. The van der Waals surface area contributed by atoms with Gasteiger partial charge < -0.3 is 42.4 Å². The normalized spacial score (nSPS) is 14.6. The van der Waals surface area contributed by atoms with Crippen LogP contribution in [0.15, 0.2) is 29.3 Å². The van der Waals surface area contributed by atoms with Crippen LogP contribution in [0, 0.1) is 0 Å². The monoisotopic (exact) mass is 666 g/mol. The number of ether oxygens (including phenoxy) is 1. The van der Waals surface area contributed by atoms with Gasteiger partial charge in [-0.1, -0.05) is 56.8 Å². The fraction of sp³-hybridized carbons (Fsp3) is 0.613. The Kier molecular flexibility index (Phi) is 17.6. The van der Waals surface area contributed by atoms with Crippen LogP contribution in [-0.4, -0.2) is 104 Å². The number of carbonyl (C=O) groups excluding carboxylic acids is 1. The molecule has 0 aliphatic heterocycles. The van der Waals surface area contributed by atoms with Crippen LogP contribution < -0.4 is 27.3 Å². The second kappa shape index (κ2) is 20.8. The lowest BCUT2D eigenvalue weighted by Crippen LogP contribution is -2.49. The SMILES string of the molecule is CCCCCCN(CCOc1ccc(CCCCN=C(N)NC(=O)c2nc(Cl)c(N)nc2N)cc1)C[C@@H](O)[C@H](O)[C@@H](O)[C@H](O)CC. The van der Waals surface area contributed by atoms with Crippen molar-refractivity contribution in [3.8, 4) is 5.75 Å². The van der Waals surface area contributed by atoms with Gasteiger partial charge in [0.25, 0.3) is 5.91 Å². The van der Waals surface area contributed by atoms with Crippen molar-refractivity contribution in [3.63, 3.8) is 0 Å². The molecular weight excluding hydrogens is 616 g/mol. The van der Waals surface area contributed by atoms with Gasteiger partial charge in [-0.3, -0.25) is 20.0 Å². The van der Waals surface area contributed by atoms with E-state index in [1.165, 1.54) is 0 Å². The standard InChI is InChI=1S/C31H51ClN8O6/c1-3-5-6-9-16-40(19-23(42)26(44)25(43)22(41)4-2)17-18-46-21-13-11-20(12-14-21)10-7-8-15-36-31(35)39-30(45)24-28(33)38-29(34)27(32)37-24/h11-14,22-23,25-26,41-44H,3-10,15-19H2,1-2H3,(H4,33,34,38)(H3,35,36,39,45)/t22-,23-,25+,26+/m1/s1. The molecule has 1 heterocycles. The zero-order chi connectivity index (χ0) is 34.1. The van der Waals surface area contributed by atoms with Crippen molar-refractivity contribution in [1.29, 1.82) is 0 Å². The molecule has 1 amide bonds. The highest BCUT2D eigenvalue weighted by atomic mass is 35.5. The van der Waals surface area contributed by atoms with Gasteiger partial charge in [-0.25, -0.2) is 9.97 Å². The van der Waals surface area contributed by atoms with Crippen molar-refractivity contribution >= 4 is 35.1 Å². The minimum atomic E-state index is -1.44. The summed E-state index contributed by atoms with van der Waals surface area (Å²) in [4.78, 5) is 26.1. The summed E-state index contributed by atoms with van der Waals surface area (Å²) in [6.07, 6.45) is 1.78. The summed E-state index contributed by atoms with van der Waals surface area (Å²) in [6.45, 7) is 6.05. The van der Waals surface area contributed by atoms with Crippen molar-refractivity contribution < 1.29 is 30.0 Å². The smallest absolute Gasteiger partial charge is 0.280 e. The van der Waals surface area contributed by atoms with Gasteiger partial charge in [-0.2, -0.15) is 0 Å². The summed E-state index contributed by atoms with van der Waals surface area (Å²) in [5, 5.41) is 43.1. The van der Waals surface area contributed by atoms with Gasteiger partial charge in [0.2, 0.25) is 0 Å². The van der Waals surface area contributed by atoms with Crippen LogP contribution in [-0.2, 0) is 6.42 Å². The predicted molar refractivity (Wildman–Crippen MR) is 180 cm³/mol. The van der Waals surface area contributed by atoms with Crippen molar-refractivity contribution in [2.45, 2.75) is 89.6 Å². The Morgan fingerprint density at radius 2 is 1.65 bits per heavy atom. The molecule has 0 unspecified atom stereocenters. The number of aryl methyl sites for hydroxylation is 1. The van der Waals surface area contributed by atoms with E-state index in [1.54, 1.807) is 6.92 Å². The van der Waals surface area contributed by atoms with Gasteiger partial charge in [0.05, 0.1) is 12.2 Å². The number of nitrogens with zero attached hydrogens (tertiary/aromatic N) is 4. The molecule has 0 bridgehead atoms. The molecule has 0 spiro atoms. The second-order valence-corrected chi connectivity index (χ2v) is 11.5. The minimum absolute atomic E-state index is 0.0706. The number of carbonyl (C=O) groups is 1. The first-order chi connectivity index (χ1) is 22.0. The van der Waals surface area contributed by atoms with Crippen molar-refractivity contribution in [1.82, 2.24) is 20.2 Å². The van der Waals surface area contributed by atoms with Crippen molar-refractivity contribution in [3.05, 3.63) is 40.7 Å². The van der Waals surface area contributed by atoms with Crippen LogP contribution in [0.25, 0.3) is 0 Å². The number of aromatic nitrogens is 2. The molecule has 1 aromatic heterocycles. The Hall–Kier alpha value is -3.27. The van der Waals surface area contributed by atoms with E-state index in [0.717, 1.165) is 62.8 Å². The van der Waals surface area contributed by atoms with Crippen LogP contribution in [0.4, 0.5) is 11.6 Å². The van der Waals surface area contributed by atoms with E-state index in [9.17, 15) is 25.2 Å². The van der Waals surface area contributed by atoms with Gasteiger partial charge in [-0.05, 0) is 56.3 Å². The Morgan fingerprint density at radius 1 is 0.957 bits per heavy atom. The number of nitrogens with two attached hydrogens (primary N) is 3. The lowest BCUT2D eigenvalue weighted by atomic mass is 10.0. The molecule has 0 saturated carbocycles. The molecule has 2 rings (SSSR count). The summed E-state index contributed by atoms with van der Waals surface area (Å²) in [7, 11) is 0. The topological polar surface area (TPSA) is 239 Å². The van der Waals surface area contributed by atoms with Crippen LogP contribution in [0.2, 0.25) is 5.15 Å². The minimum Gasteiger partial charge on any atom is -0.492 e. The summed E-state index contributed by atoms with van der Waals surface area (Å²) >= 11 is 5.81. The first-order valence-corrected chi connectivity index (χ1v) is 16.2. The Morgan fingerprint density at radius 3 is 2.33 bits per heavy atom. The van der Waals surface area contributed by atoms with E-state index in [0.29, 0.717) is 19.7 Å². The Labute approximate surface area is 276 Å². The van der Waals surface area contributed by atoms with Gasteiger partial charge >= 0.3 is 0 Å². The largest absolute Gasteiger partial charge is 0.492 e. The highest BCUT2D eigenvalue weighted by Crippen LogP contribution is 2.18. The molecule has 0 radical (unpaired) electrons. The number of aliphatic hydroxyl groups excluding tert-OH is 4. The number of benzene rings is 1. The van der Waals surface area contributed by atoms with Crippen LogP contribution >= 0.6 is 11.6 Å². The fourth-order valence-corrected chi connectivity index (χ4v) is 4.76. The maximum Gasteiger partial charge on any atom is 0.280 e. The quantitative estimate of drug-likeness (QED) is 0.0537. The summed E-state index contributed by atoms with van der Waals surface area (Å²) in [5.74, 6) is -0.278. The lowest BCUT2D eigenvalue weighted by molar-refractivity contribution is -0.111. The number of nitrogen functional groups attached to an aromatic ring is 2. The van der Waals surface area contributed by atoms with Gasteiger partial charge in [-0.15, -0.1) is 0 Å². The fourth-order valence-electron chi connectivity index (χ4n) is 4.63. The summed E-state index contributed by atoms with van der Waals surface area (Å²) in [5.41, 5.74) is 18.0. The van der Waals surface area contributed by atoms with Crippen LogP contribution in [0.5, 0.6) is 5.75 Å². The molecular formula is C31H51ClN8O6. The number of aliphatic hydroxyl groups is 4. The molecule has 46 heavy (non-hydrogen) atoms. The Bertz CT molecular complexity index is 1220. The van der Waals surface area contributed by atoms with E-state index in [1.807, 2.05) is 29.2 Å². The van der Waals surface area contributed by atoms with Gasteiger partial charge in [0.1, 0.15) is 24.6 Å². The molecule has 0 fully saturated rings. The van der Waals surface area contributed by atoms with Gasteiger partial charge in [0, 0.05) is 19.6 Å². The first kappa shape index (κ1) is 38.9. The van der Waals surface area contributed by atoms with E-state index in [4.69, 9.17) is 33.5 Å². The number of rotatable bonds is 21. The zero-order valence-corrected chi connectivity index (χ0v) is 27.6. The number of hydrogen-bond donors (Lipinski definition) is 8. The van der Waals surface area contributed by atoms with E-state index in [-0.39, 0.29) is 41.4 Å². The molecule has 14 nitrogen and oxygen atoms in total. The van der Waals surface area contributed by atoms with E-state index >= 15 is 0 Å². The first-order valence-electron chi connectivity index (χ1n) is 15.8. The molecule has 0 saturated heterocycles. The molecule has 11 N–H and O–H groups in total. The third-order valence-corrected chi connectivity index (χ3v) is 7.72. The number of amides is 1. The molecule has 2 aromatic rings. The highest BCUT2D eigenvalue weighted by molar-refractivity contribution is 6.31. The van der Waals surface area contributed by atoms with E-state index < -0.39 is 30.3 Å². The summed E-state index contributed by atoms with van der Waals surface area (Å²) in [6, 6.07) is 7.82. The number of hydrogen-bond acceptors (Lipinski definition) is 12. The second-order valence-electron chi connectivity index (χ2n) is 11.2. The van der Waals surface area contributed by atoms with Crippen molar-refractivity contribution in [2.75, 3.05) is 44.3 Å². The predicted octanol–water partition coefficient (Wildman–Crippen LogP) is 1.48. The third-order valence-electron chi connectivity index (χ3n) is 7.45. The third kappa shape index (κ3) is 13.6. The molecule has 15 heteroatoms. The van der Waals surface area contributed by atoms with Crippen molar-refractivity contribution in [2.24, 2.45) is 10.7 Å². The number of unbranched alkanes of at least 4 members (excludes halogenated alkanes) is 4. The highest BCUT2D eigenvalue weighted by Gasteiger charge is 2.30.